The summed E-state index contributed by atoms with van der Waals surface area (Å²) < 4.78 is 40.2. The third-order valence-electron chi connectivity index (χ3n) is 13.9. The van der Waals surface area contributed by atoms with Gasteiger partial charge in [-0.15, -0.1) is 0 Å². The van der Waals surface area contributed by atoms with Crippen molar-refractivity contribution in [3.05, 3.63) is 141 Å². The first-order valence-electron chi connectivity index (χ1n) is 25.4. The lowest BCUT2D eigenvalue weighted by atomic mass is 10.00. The quantitative estimate of drug-likeness (QED) is 0.0684. The second kappa shape index (κ2) is 22.3. The van der Waals surface area contributed by atoms with E-state index in [4.69, 9.17) is 38.0 Å². The standard InChI is InChI=1S/C56H58N12O10.2H2/c1-31-51(35(5)77-63-31)39-23-43-37(25-47(39)73-7)53-45(27-61-43)65(55(71)67(53)33(3)41-13-9-11-15-57-41)29-49(69)59-17-19-75-21-22-76-20-18-60-50(70)30-66-46-28-62-44-24-40(52-32(2)64-78-36(52)6)48(74-8)26-38(44)54(46)68(56(66)72)34(4)42-14-10-12-16-58-42;;/h9-16,23-28,33-34H,17-22,29-30H2,1-8H3,(H,59,69)(H,60,70);2*1H. The number of carbonyl (C=O) groups is 2. The van der Waals surface area contributed by atoms with Crippen molar-refractivity contribution >= 4 is 55.7 Å². The summed E-state index contributed by atoms with van der Waals surface area (Å²) in [6.45, 7) is 11.8. The van der Waals surface area contributed by atoms with E-state index in [2.05, 4.69) is 30.9 Å². The number of aryl methyl sites for hydroxylation is 4. The summed E-state index contributed by atoms with van der Waals surface area (Å²) in [5.41, 5.74) is 8.29. The van der Waals surface area contributed by atoms with Gasteiger partial charge in [0.1, 0.15) is 36.1 Å². The van der Waals surface area contributed by atoms with Crippen LogP contribution >= 0.6 is 0 Å². The fraction of sp³-hybridized carbons (Fsp3) is 0.321. The number of nitrogens with zero attached hydrogens (tertiary/aromatic N) is 10. The minimum absolute atomic E-state index is 0. The van der Waals surface area contributed by atoms with E-state index in [0.717, 1.165) is 22.3 Å². The number of pyridine rings is 4. The van der Waals surface area contributed by atoms with E-state index in [1.807, 2.05) is 102 Å². The maximum absolute atomic E-state index is 14.4. The summed E-state index contributed by atoms with van der Waals surface area (Å²) in [7, 11) is 3.15. The van der Waals surface area contributed by atoms with Crippen molar-refractivity contribution in [3.63, 3.8) is 0 Å². The molecule has 0 aliphatic rings. The van der Waals surface area contributed by atoms with Crippen LogP contribution in [-0.2, 0) is 32.2 Å². The number of methoxy groups -OCH3 is 2. The smallest absolute Gasteiger partial charge is 0.330 e. The Morgan fingerprint density at radius 2 is 1.03 bits per heavy atom. The first-order valence-corrected chi connectivity index (χ1v) is 25.4. The highest BCUT2D eigenvalue weighted by molar-refractivity contribution is 6.06. The average molecular weight is 1060 g/mol. The second-order valence-corrected chi connectivity index (χ2v) is 18.8. The number of aromatic nitrogens is 10. The predicted molar refractivity (Wildman–Crippen MR) is 294 cm³/mol. The highest BCUT2D eigenvalue weighted by atomic mass is 16.5. The molecule has 2 N–H and O–H groups in total. The van der Waals surface area contributed by atoms with Gasteiger partial charge in [-0.1, -0.05) is 22.4 Å². The minimum atomic E-state index is -0.504. The van der Waals surface area contributed by atoms with E-state index < -0.39 is 35.3 Å². The van der Waals surface area contributed by atoms with Crippen LogP contribution in [0.2, 0.25) is 0 Å². The Labute approximate surface area is 448 Å². The lowest BCUT2D eigenvalue weighted by Crippen LogP contribution is -2.35. The summed E-state index contributed by atoms with van der Waals surface area (Å²) in [4.78, 5) is 74.4. The number of nitrogens with one attached hydrogen (secondary N) is 2. The van der Waals surface area contributed by atoms with E-state index in [9.17, 15) is 19.2 Å². The summed E-state index contributed by atoms with van der Waals surface area (Å²) in [6, 6.07) is 17.5. The lowest BCUT2D eigenvalue weighted by Gasteiger charge is -2.15. The van der Waals surface area contributed by atoms with Crippen LogP contribution in [-0.4, -0.2) is 114 Å². The number of hydrogen-bond acceptors (Lipinski definition) is 16. The second-order valence-electron chi connectivity index (χ2n) is 18.8. The van der Waals surface area contributed by atoms with Crippen molar-refractivity contribution in [2.24, 2.45) is 0 Å². The van der Waals surface area contributed by atoms with Crippen molar-refractivity contribution in [2.75, 3.05) is 53.7 Å². The number of rotatable bonds is 21. The molecule has 78 heavy (non-hydrogen) atoms. The Hall–Kier alpha value is -9.02. The van der Waals surface area contributed by atoms with Gasteiger partial charge in [0.25, 0.3) is 0 Å². The van der Waals surface area contributed by atoms with Gasteiger partial charge in [0.2, 0.25) is 11.8 Å². The van der Waals surface area contributed by atoms with Crippen molar-refractivity contribution in [1.29, 1.82) is 0 Å². The summed E-state index contributed by atoms with van der Waals surface area (Å²) in [5.74, 6) is 1.54. The molecule has 406 valence electrons. The molecular weight excluding hydrogens is 1000 g/mol. The predicted octanol–water partition coefficient (Wildman–Crippen LogP) is 7.04. The fourth-order valence-electron chi connectivity index (χ4n) is 10.2. The van der Waals surface area contributed by atoms with E-state index in [1.165, 1.54) is 9.13 Å². The molecule has 22 heteroatoms. The van der Waals surface area contributed by atoms with Crippen LogP contribution in [0.3, 0.4) is 0 Å². The maximum Gasteiger partial charge on any atom is 0.330 e. The van der Waals surface area contributed by atoms with Gasteiger partial charge in [-0.05, 0) is 90.1 Å². The third-order valence-corrected chi connectivity index (χ3v) is 13.9. The molecule has 2 aromatic carbocycles. The Kier molecular flexibility index (Phi) is 15.0. The molecule has 10 aromatic rings. The number of benzene rings is 2. The number of ether oxygens (including phenoxy) is 4. The summed E-state index contributed by atoms with van der Waals surface area (Å²) in [6.07, 6.45) is 6.56. The number of carbonyl (C=O) groups excluding carboxylic acids is 2. The number of hydrogen-bond donors (Lipinski definition) is 2. The van der Waals surface area contributed by atoms with Crippen LogP contribution < -0.4 is 31.5 Å². The van der Waals surface area contributed by atoms with Crippen molar-refractivity contribution < 1.29 is 40.4 Å². The van der Waals surface area contributed by atoms with Gasteiger partial charge in [0.05, 0.1) is 132 Å². The van der Waals surface area contributed by atoms with Crippen LogP contribution in [0.1, 0.15) is 63.1 Å². The molecule has 2 atom stereocenters. The molecule has 2 amide bonds. The minimum Gasteiger partial charge on any atom is -0.496 e. The zero-order valence-electron chi connectivity index (χ0n) is 44.4. The third kappa shape index (κ3) is 9.86. The Balaban J connectivity index is 0.00000420. The molecule has 0 radical (unpaired) electrons. The van der Waals surface area contributed by atoms with Crippen LogP contribution in [0.15, 0.2) is 104 Å². The first kappa shape index (κ1) is 52.4. The number of fused-ring (bicyclic) bond motifs is 6. The van der Waals surface area contributed by atoms with Crippen molar-refractivity contribution in [2.45, 2.75) is 66.7 Å². The number of imidazole rings is 2. The molecule has 0 bridgehead atoms. The first-order chi connectivity index (χ1) is 37.8. The summed E-state index contributed by atoms with van der Waals surface area (Å²) in [5, 5.41) is 15.3. The normalized spacial score (nSPS) is 12.5. The topological polar surface area (TPSA) is 253 Å². The molecule has 0 aliphatic carbocycles. The monoisotopic (exact) mass is 1060 g/mol. The zero-order chi connectivity index (χ0) is 54.8. The maximum atomic E-state index is 14.4. The van der Waals surface area contributed by atoms with Crippen LogP contribution in [0.4, 0.5) is 0 Å². The van der Waals surface area contributed by atoms with Gasteiger partial charge in [-0.2, -0.15) is 0 Å². The van der Waals surface area contributed by atoms with Crippen molar-refractivity contribution in [1.82, 2.24) is 59.2 Å². The van der Waals surface area contributed by atoms with Gasteiger partial charge in [-0.25, -0.2) is 9.59 Å². The molecule has 0 saturated heterocycles. The molecule has 0 saturated carbocycles. The highest BCUT2D eigenvalue weighted by Crippen LogP contribution is 2.41. The van der Waals surface area contributed by atoms with E-state index in [1.54, 1.807) is 48.1 Å². The fourth-order valence-corrected chi connectivity index (χ4v) is 10.2. The summed E-state index contributed by atoms with van der Waals surface area (Å²) >= 11 is 0. The van der Waals surface area contributed by atoms with Gasteiger partial charge in [-0.3, -0.25) is 47.8 Å². The zero-order valence-corrected chi connectivity index (χ0v) is 44.4. The molecule has 22 nitrogen and oxygen atoms in total. The number of amides is 2. The van der Waals surface area contributed by atoms with Crippen molar-refractivity contribution in [3.8, 4) is 33.8 Å². The Morgan fingerprint density at radius 1 is 0.603 bits per heavy atom. The lowest BCUT2D eigenvalue weighted by molar-refractivity contribution is -0.122. The van der Waals surface area contributed by atoms with Gasteiger partial charge >= 0.3 is 11.4 Å². The SMILES string of the molecule is COc1cc2c(cc1-c1c(C)noc1C)ncc1c2n(C(C)c2ccccn2)c(=O)n1CC(=O)NCCOCCOCCNC(=O)Cn1c(=O)n(C(C)c2ccccn2)c2c3cc(OC)c(-c4c(C)noc4C)cc3ncc21.[HH].[HH]. The molecule has 2 unspecified atom stereocenters. The molecule has 0 fully saturated rings. The molecule has 0 aliphatic heterocycles. The Bertz CT molecular complexity index is 3710. The van der Waals surface area contributed by atoms with Crippen LogP contribution in [0.25, 0.3) is 66.1 Å². The molecule has 8 heterocycles. The van der Waals surface area contributed by atoms with Crippen LogP contribution in [0, 0.1) is 27.7 Å². The van der Waals surface area contributed by atoms with E-state index in [-0.39, 0.29) is 55.5 Å². The largest absolute Gasteiger partial charge is 0.496 e. The van der Waals surface area contributed by atoms with Gasteiger partial charge < -0.3 is 38.6 Å². The molecule has 10 rings (SSSR count). The molecule has 0 spiro atoms. The van der Waals surface area contributed by atoms with Gasteiger partial charge in [0, 0.05) is 50.2 Å². The molecule has 8 aromatic heterocycles. The van der Waals surface area contributed by atoms with E-state index in [0.29, 0.717) is 89.7 Å². The molecular formula is C56H62N12O10. The average Bonchev–Trinajstić information content (AvgIpc) is 4.17. The van der Waals surface area contributed by atoms with Crippen LogP contribution in [0.5, 0.6) is 11.5 Å². The van der Waals surface area contributed by atoms with Gasteiger partial charge in [0.15, 0.2) is 0 Å². The van der Waals surface area contributed by atoms with E-state index >= 15 is 0 Å². The Morgan fingerprint density at radius 3 is 1.38 bits per heavy atom. The highest BCUT2D eigenvalue weighted by Gasteiger charge is 2.28.